The molecule has 0 unspecified atom stereocenters. The summed E-state index contributed by atoms with van der Waals surface area (Å²) < 4.78 is 0. The highest BCUT2D eigenvalue weighted by molar-refractivity contribution is 7.12. The van der Waals surface area contributed by atoms with Crippen molar-refractivity contribution in [3.63, 3.8) is 0 Å². The van der Waals surface area contributed by atoms with E-state index in [1.54, 1.807) is 0 Å². The molecule has 0 fully saturated rings. The van der Waals surface area contributed by atoms with Crippen molar-refractivity contribution in [2.75, 3.05) is 18.0 Å². The van der Waals surface area contributed by atoms with E-state index >= 15 is 0 Å². The van der Waals surface area contributed by atoms with Gasteiger partial charge in [-0.1, -0.05) is 11.6 Å². The topological polar surface area (TPSA) is 3.24 Å². The lowest BCUT2D eigenvalue weighted by Gasteiger charge is -2.19. The number of nitrogens with zero attached hydrogens (tertiary/aromatic N) is 1. The maximum Gasteiger partial charge on any atom is 0.0443 e. The predicted molar refractivity (Wildman–Crippen MR) is 118 cm³/mol. The van der Waals surface area contributed by atoms with Crippen LogP contribution >= 0.6 is 34.3 Å². The fraction of sp³-hybridized carbons (Fsp3) is 0.273. The molecule has 0 radical (unpaired) electrons. The lowest BCUT2D eigenvalue weighted by molar-refractivity contribution is 1.02. The summed E-state index contributed by atoms with van der Waals surface area (Å²) in [4.78, 5) is 8.05. The van der Waals surface area contributed by atoms with Crippen LogP contribution in [0.5, 0.6) is 0 Å². The minimum absolute atomic E-state index is 0.787. The molecule has 0 bridgehead atoms. The Morgan fingerprint density at radius 1 is 0.769 bits per heavy atom. The number of benzene rings is 1. The first-order valence-corrected chi connectivity index (χ1v) is 10.8. The van der Waals surface area contributed by atoms with Crippen molar-refractivity contribution in [2.45, 2.75) is 27.7 Å². The van der Waals surface area contributed by atoms with E-state index in [9.17, 15) is 0 Å². The number of halogens is 1. The summed E-state index contributed by atoms with van der Waals surface area (Å²) in [6.07, 6.45) is 0. The Balaban J connectivity index is 1.80. The van der Waals surface area contributed by atoms with Gasteiger partial charge in [-0.25, -0.2) is 0 Å². The lowest BCUT2D eigenvalue weighted by Crippen LogP contribution is -2.20. The molecule has 1 aromatic carbocycles. The minimum atomic E-state index is 0.787. The van der Waals surface area contributed by atoms with Crippen LogP contribution < -0.4 is 4.90 Å². The molecule has 26 heavy (non-hydrogen) atoms. The van der Waals surface area contributed by atoms with E-state index in [2.05, 4.69) is 56.9 Å². The molecule has 0 aliphatic carbocycles. The normalized spacial score (nSPS) is 14.6. The van der Waals surface area contributed by atoms with Crippen LogP contribution in [0.2, 0.25) is 5.02 Å². The van der Waals surface area contributed by atoms with Crippen LogP contribution in [0.1, 0.15) is 30.6 Å². The maximum absolute atomic E-state index is 6.09. The summed E-state index contributed by atoms with van der Waals surface area (Å²) in [5.74, 6) is 0. The first-order valence-electron chi connectivity index (χ1n) is 8.79. The second-order valence-electron chi connectivity index (χ2n) is 6.94. The zero-order valence-electron chi connectivity index (χ0n) is 15.5. The van der Waals surface area contributed by atoms with Crippen LogP contribution in [0.25, 0.3) is 11.1 Å². The lowest BCUT2D eigenvalue weighted by atomic mass is 9.97. The molecule has 0 amide bonds. The smallest absolute Gasteiger partial charge is 0.0443 e. The van der Waals surface area contributed by atoms with Crippen LogP contribution in [0.4, 0.5) is 5.69 Å². The van der Waals surface area contributed by atoms with E-state index in [1.165, 1.54) is 47.5 Å². The second kappa shape index (κ2) is 6.88. The molecule has 1 aliphatic heterocycles. The van der Waals surface area contributed by atoms with Crippen LogP contribution in [0.15, 0.2) is 36.4 Å². The first-order chi connectivity index (χ1) is 12.4. The van der Waals surface area contributed by atoms with Crippen molar-refractivity contribution < 1.29 is 0 Å². The van der Waals surface area contributed by atoms with Crippen molar-refractivity contribution in [1.29, 1.82) is 0 Å². The SMILES string of the molecule is Cc1cc(C2=C(c3cc(C)sc3C)CN(c3ccc(Cl)cc3)C2)c(C)s1. The number of aryl methyl sites for hydroxylation is 4. The van der Waals surface area contributed by atoms with Crippen molar-refractivity contribution in [3.05, 3.63) is 72.1 Å². The summed E-state index contributed by atoms with van der Waals surface area (Å²) >= 11 is 9.88. The quantitative estimate of drug-likeness (QED) is 0.452. The molecule has 3 aromatic rings. The van der Waals surface area contributed by atoms with Crippen LogP contribution in [-0.2, 0) is 0 Å². The molecule has 0 N–H and O–H groups in total. The molecule has 0 saturated carbocycles. The van der Waals surface area contributed by atoms with E-state index in [1.807, 2.05) is 34.8 Å². The highest BCUT2D eigenvalue weighted by Gasteiger charge is 2.27. The zero-order valence-corrected chi connectivity index (χ0v) is 17.9. The third-order valence-corrected chi connectivity index (χ3v) is 7.17. The zero-order chi connectivity index (χ0) is 18.4. The first kappa shape index (κ1) is 17.8. The standard InChI is InChI=1S/C22H22ClNS2/c1-13-9-19(15(3)25-13)21-11-24(18-7-5-17(23)6-8-18)12-22(21)20-10-14(2)26-16(20)4/h5-10H,11-12H2,1-4H3. The Morgan fingerprint density at radius 3 is 1.62 bits per heavy atom. The molecule has 0 atom stereocenters. The van der Waals surface area contributed by atoms with Gasteiger partial charge in [0.1, 0.15) is 0 Å². The average Bonchev–Trinajstić information content (AvgIpc) is 3.25. The van der Waals surface area contributed by atoms with Gasteiger partial charge < -0.3 is 4.90 Å². The molecule has 4 heteroatoms. The Hall–Kier alpha value is -1.55. The largest absolute Gasteiger partial charge is 0.363 e. The van der Waals surface area contributed by atoms with E-state index in [0.717, 1.165) is 18.1 Å². The Labute approximate surface area is 168 Å². The number of hydrogen-bond donors (Lipinski definition) is 0. The number of rotatable bonds is 3. The molecular formula is C22H22ClNS2. The van der Waals surface area contributed by atoms with Crippen LogP contribution in [0, 0.1) is 27.7 Å². The van der Waals surface area contributed by atoms with Gasteiger partial charge in [0.2, 0.25) is 0 Å². The van der Waals surface area contributed by atoms with E-state index < -0.39 is 0 Å². The molecule has 134 valence electrons. The van der Waals surface area contributed by atoms with Crippen molar-refractivity contribution >= 4 is 51.1 Å². The summed E-state index contributed by atoms with van der Waals surface area (Å²) in [5.41, 5.74) is 7.02. The van der Waals surface area contributed by atoms with Crippen molar-refractivity contribution in [1.82, 2.24) is 0 Å². The van der Waals surface area contributed by atoms with Gasteiger partial charge >= 0.3 is 0 Å². The molecule has 0 spiro atoms. The Morgan fingerprint density at radius 2 is 1.23 bits per heavy atom. The summed E-state index contributed by atoms with van der Waals surface area (Å²) in [6, 6.07) is 12.9. The second-order valence-corrected chi connectivity index (χ2v) is 10.3. The predicted octanol–water partition coefficient (Wildman–Crippen LogP) is 7.13. The third kappa shape index (κ3) is 3.24. The van der Waals surface area contributed by atoms with Gasteiger partial charge in [0.25, 0.3) is 0 Å². The van der Waals surface area contributed by atoms with Crippen LogP contribution in [-0.4, -0.2) is 13.1 Å². The summed E-state index contributed by atoms with van der Waals surface area (Å²) in [7, 11) is 0. The molecule has 1 aliphatic rings. The fourth-order valence-corrected chi connectivity index (χ4v) is 5.85. The molecule has 2 aromatic heterocycles. The van der Waals surface area contributed by atoms with Gasteiger partial charge in [-0.05, 0) is 86.4 Å². The van der Waals surface area contributed by atoms with Crippen molar-refractivity contribution in [3.8, 4) is 0 Å². The monoisotopic (exact) mass is 399 g/mol. The minimum Gasteiger partial charge on any atom is -0.363 e. The molecule has 4 rings (SSSR count). The fourth-order valence-electron chi connectivity index (χ4n) is 3.82. The molecular weight excluding hydrogens is 378 g/mol. The highest BCUT2D eigenvalue weighted by atomic mass is 35.5. The number of thiophene rings is 2. The van der Waals surface area contributed by atoms with E-state index in [4.69, 9.17) is 11.6 Å². The Bertz CT molecular complexity index is 934. The highest BCUT2D eigenvalue weighted by Crippen LogP contribution is 2.41. The number of anilines is 1. The maximum atomic E-state index is 6.09. The molecule has 0 saturated heterocycles. The van der Waals surface area contributed by atoms with Crippen LogP contribution in [0.3, 0.4) is 0 Å². The van der Waals surface area contributed by atoms with Gasteiger partial charge in [0, 0.05) is 43.3 Å². The van der Waals surface area contributed by atoms with Crippen molar-refractivity contribution in [2.24, 2.45) is 0 Å². The van der Waals surface area contributed by atoms with Gasteiger partial charge in [-0.15, -0.1) is 22.7 Å². The van der Waals surface area contributed by atoms with Gasteiger partial charge in [-0.3, -0.25) is 0 Å². The summed E-state index contributed by atoms with van der Waals surface area (Å²) in [5, 5.41) is 0.787. The summed E-state index contributed by atoms with van der Waals surface area (Å²) in [6.45, 7) is 10.8. The van der Waals surface area contributed by atoms with Gasteiger partial charge in [0.15, 0.2) is 0 Å². The molecule has 3 heterocycles. The van der Waals surface area contributed by atoms with Gasteiger partial charge in [0.05, 0.1) is 0 Å². The molecule has 1 nitrogen and oxygen atoms in total. The van der Waals surface area contributed by atoms with Gasteiger partial charge in [-0.2, -0.15) is 0 Å². The van der Waals surface area contributed by atoms with E-state index in [0.29, 0.717) is 0 Å². The third-order valence-electron chi connectivity index (χ3n) is 4.99. The van der Waals surface area contributed by atoms with E-state index in [-0.39, 0.29) is 0 Å². The average molecular weight is 400 g/mol. The number of hydrogen-bond acceptors (Lipinski definition) is 3. The Kier molecular flexibility index (Phi) is 4.72.